The van der Waals surface area contributed by atoms with Gasteiger partial charge in [-0.1, -0.05) is 52.4 Å². The normalized spacial score (nSPS) is 27.1. The Morgan fingerprint density at radius 1 is 1.05 bits per heavy atom. The molecule has 1 N–H and O–H groups in total. The van der Waals surface area contributed by atoms with Crippen LogP contribution in [0, 0.1) is 0 Å². The average Bonchev–Trinajstić information content (AvgIpc) is 2.89. The fraction of sp³-hybridized carbons (Fsp3) is 1.00. The lowest BCUT2D eigenvalue weighted by Crippen LogP contribution is -2.47. The van der Waals surface area contributed by atoms with E-state index in [1.807, 2.05) is 0 Å². The van der Waals surface area contributed by atoms with E-state index in [1.165, 1.54) is 57.9 Å². The van der Waals surface area contributed by atoms with Gasteiger partial charge >= 0.3 is 0 Å². The van der Waals surface area contributed by atoms with Crippen molar-refractivity contribution in [3.05, 3.63) is 0 Å². The first kappa shape index (κ1) is 16.3. The van der Waals surface area contributed by atoms with Gasteiger partial charge in [0.15, 0.2) is 0 Å². The summed E-state index contributed by atoms with van der Waals surface area (Å²) in [6.07, 6.45) is 11.5. The van der Waals surface area contributed by atoms with E-state index in [4.69, 9.17) is 4.74 Å². The van der Waals surface area contributed by atoms with E-state index >= 15 is 0 Å². The van der Waals surface area contributed by atoms with Gasteiger partial charge in [-0.15, -0.1) is 0 Å². The molecule has 2 saturated heterocycles. The number of morpholine rings is 1. The number of hydrogen-bond donors (Lipinski definition) is 1. The van der Waals surface area contributed by atoms with E-state index < -0.39 is 0 Å². The van der Waals surface area contributed by atoms with Crippen molar-refractivity contribution in [2.45, 2.75) is 83.4 Å². The van der Waals surface area contributed by atoms with Crippen molar-refractivity contribution in [1.82, 2.24) is 10.2 Å². The molecule has 2 rings (SSSR count). The Balaban J connectivity index is 1.81. The molecule has 0 bridgehead atoms. The summed E-state index contributed by atoms with van der Waals surface area (Å²) in [7, 11) is 0. The van der Waals surface area contributed by atoms with Crippen LogP contribution < -0.4 is 5.32 Å². The van der Waals surface area contributed by atoms with Gasteiger partial charge in [0, 0.05) is 31.7 Å². The van der Waals surface area contributed by atoms with E-state index in [1.54, 1.807) is 0 Å². The summed E-state index contributed by atoms with van der Waals surface area (Å²) in [5.74, 6) is 0. The number of hydrogen-bond acceptors (Lipinski definition) is 3. The van der Waals surface area contributed by atoms with Gasteiger partial charge in [0.2, 0.25) is 0 Å². The molecule has 2 aliphatic heterocycles. The molecule has 0 aromatic carbocycles. The van der Waals surface area contributed by atoms with Crippen LogP contribution in [0.5, 0.6) is 0 Å². The Labute approximate surface area is 125 Å². The van der Waals surface area contributed by atoms with Gasteiger partial charge in [0.1, 0.15) is 0 Å². The van der Waals surface area contributed by atoms with E-state index in [0.717, 1.165) is 25.7 Å². The Kier molecular flexibility index (Phi) is 7.32. The lowest BCUT2D eigenvalue weighted by molar-refractivity contribution is 0.0160. The molecule has 2 fully saturated rings. The highest BCUT2D eigenvalue weighted by Crippen LogP contribution is 2.24. The second-order valence-corrected chi connectivity index (χ2v) is 6.57. The predicted molar refractivity (Wildman–Crippen MR) is 85.2 cm³/mol. The quantitative estimate of drug-likeness (QED) is 0.657. The van der Waals surface area contributed by atoms with Crippen LogP contribution in [0.1, 0.15) is 65.2 Å². The predicted octanol–water partition coefficient (Wildman–Crippen LogP) is 3.19. The molecule has 2 heterocycles. The zero-order chi connectivity index (χ0) is 14.2. The monoisotopic (exact) mass is 282 g/mol. The van der Waals surface area contributed by atoms with Gasteiger partial charge in [-0.25, -0.2) is 0 Å². The van der Waals surface area contributed by atoms with E-state index in [2.05, 4.69) is 24.1 Å². The van der Waals surface area contributed by atoms with Crippen molar-refractivity contribution < 1.29 is 4.74 Å². The highest BCUT2D eigenvalue weighted by atomic mass is 16.5. The maximum absolute atomic E-state index is 5.93. The first-order valence-electron chi connectivity index (χ1n) is 8.94. The number of ether oxygens (including phenoxy) is 1. The molecule has 2 aliphatic rings. The molecule has 0 unspecified atom stereocenters. The highest BCUT2D eigenvalue weighted by molar-refractivity contribution is 4.94. The first-order chi connectivity index (χ1) is 9.85. The fourth-order valence-corrected chi connectivity index (χ4v) is 3.69. The largest absolute Gasteiger partial charge is 0.374 e. The molecule has 0 amide bonds. The molecule has 0 saturated carbocycles. The van der Waals surface area contributed by atoms with Crippen LogP contribution in [0.3, 0.4) is 0 Å². The summed E-state index contributed by atoms with van der Waals surface area (Å²) < 4.78 is 5.93. The van der Waals surface area contributed by atoms with E-state index in [0.29, 0.717) is 12.1 Å². The summed E-state index contributed by atoms with van der Waals surface area (Å²) in [5.41, 5.74) is 0. The lowest BCUT2D eigenvalue weighted by atomic mass is 10.0. The third-order valence-electron chi connectivity index (χ3n) is 4.93. The van der Waals surface area contributed by atoms with Crippen LogP contribution in [-0.2, 0) is 4.74 Å². The Bertz CT molecular complexity index is 235. The zero-order valence-corrected chi connectivity index (χ0v) is 13.6. The summed E-state index contributed by atoms with van der Waals surface area (Å²) in [6.45, 7) is 8.88. The number of unbranched alkanes of at least 4 members (excludes halogenated alkanes) is 4. The molecular formula is C17H34N2O. The van der Waals surface area contributed by atoms with E-state index in [-0.39, 0.29) is 0 Å². The van der Waals surface area contributed by atoms with Gasteiger partial charge in [0.05, 0.1) is 12.7 Å². The molecule has 0 aliphatic carbocycles. The van der Waals surface area contributed by atoms with Crippen LogP contribution in [0.2, 0.25) is 0 Å². The van der Waals surface area contributed by atoms with Crippen LogP contribution in [-0.4, -0.2) is 49.3 Å². The standard InChI is InChI=1S/C17H34N2O/c1-3-5-7-9-15(10-8-6-4-2)19-13-16-17(14-19)20-12-11-18-16/h15-18H,3-14H2,1-2H3/t16-,17+/m1/s1. The van der Waals surface area contributed by atoms with Crippen LogP contribution >= 0.6 is 0 Å². The van der Waals surface area contributed by atoms with Gasteiger partial charge < -0.3 is 10.1 Å². The van der Waals surface area contributed by atoms with Crippen molar-refractivity contribution in [3.63, 3.8) is 0 Å². The molecule has 118 valence electrons. The van der Waals surface area contributed by atoms with Crippen LogP contribution in [0.4, 0.5) is 0 Å². The van der Waals surface area contributed by atoms with Gasteiger partial charge in [-0.05, 0) is 12.8 Å². The molecule has 0 radical (unpaired) electrons. The van der Waals surface area contributed by atoms with Gasteiger partial charge in [-0.2, -0.15) is 0 Å². The fourth-order valence-electron chi connectivity index (χ4n) is 3.69. The summed E-state index contributed by atoms with van der Waals surface area (Å²) >= 11 is 0. The topological polar surface area (TPSA) is 24.5 Å². The van der Waals surface area contributed by atoms with Crippen molar-refractivity contribution in [1.29, 1.82) is 0 Å². The van der Waals surface area contributed by atoms with Crippen molar-refractivity contribution >= 4 is 0 Å². The van der Waals surface area contributed by atoms with E-state index in [9.17, 15) is 0 Å². The molecule has 3 nitrogen and oxygen atoms in total. The molecular weight excluding hydrogens is 248 g/mol. The SMILES string of the molecule is CCCCCC(CCCCC)N1C[C@@H]2OCCN[C@@H]2C1. The van der Waals surface area contributed by atoms with Gasteiger partial charge in [0.25, 0.3) is 0 Å². The van der Waals surface area contributed by atoms with Crippen LogP contribution in [0.15, 0.2) is 0 Å². The summed E-state index contributed by atoms with van der Waals surface area (Å²) in [6, 6.07) is 1.38. The first-order valence-corrected chi connectivity index (χ1v) is 8.94. The number of rotatable bonds is 9. The third-order valence-corrected chi connectivity index (χ3v) is 4.93. The number of nitrogens with one attached hydrogen (secondary N) is 1. The van der Waals surface area contributed by atoms with Gasteiger partial charge in [-0.3, -0.25) is 4.90 Å². The number of nitrogens with zero attached hydrogens (tertiary/aromatic N) is 1. The maximum Gasteiger partial charge on any atom is 0.0867 e. The molecule has 0 aromatic heterocycles. The minimum absolute atomic E-state index is 0.448. The smallest absolute Gasteiger partial charge is 0.0867 e. The molecule has 2 atom stereocenters. The third kappa shape index (κ3) is 4.71. The number of fused-ring (bicyclic) bond motifs is 1. The second kappa shape index (κ2) is 9.01. The molecule has 20 heavy (non-hydrogen) atoms. The van der Waals surface area contributed by atoms with Crippen molar-refractivity contribution in [2.75, 3.05) is 26.2 Å². The minimum atomic E-state index is 0.448. The molecule has 0 aromatic rings. The Morgan fingerprint density at radius 2 is 1.75 bits per heavy atom. The molecule has 3 heteroatoms. The van der Waals surface area contributed by atoms with Crippen molar-refractivity contribution in [3.8, 4) is 0 Å². The second-order valence-electron chi connectivity index (χ2n) is 6.57. The zero-order valence-electron chi connectivity index (χ0n) is 13.6. The number of likely N-dealkylation sites (tertiary alicyclic amines) is 1. The Hall–Kier alpha value is -0.120. The summed E-state index contributed by atoms with van der Waals surface area (Å²) in [4.78, 5) is 2.72. The average molecular weight is 282 g/mol. The van der Waals surface area contributed by atoms with Crippen molar-refractivity contribution in [2.24, 2.45) is 0 Å². The highest BCUT2D eigenvalue weighted by Gasteiger charge is 2.37. The molecule has 0 spiro atoms. The minimum Gasteiger partial charge on any atom is -0.374 e. The summed E-state index contributed by atoms with van der Waals surface area (Å²) in [5, 5.41) is 3.63. The Morgan fingerprint density at radius 3 is 2.35 bits per heavy atom. The van der Waals surface area contributed by atoms with Crippen LogP contribution in [0.25, 0.3) is 0 Å². The lowest BCUT2D eigenvalue weighted by Gasteiger charge is -2.28. The maximum atomic E-state index is 5.93.